The Morgan fingerprint density at radius 1 is 1.50 bits per heavy atom. The molecule has 5 heteroatoms. The van der Waals surface area contributed by atoms with Gasteiger partial charge in [-0.1, -0.05) is 6.07 Å². The summed E-state index contributed by atoms with van der Waals surface area (Å²) in [6.45, 7) is 0.0785. The second kappa shape index (κ2) is 4.27. The van der Waals surface area contributed by atoms with Gasteiger partial charge >= 0.3 is 0 Å². The van der Waals surface area contributed by atoms with Gasteiger partial charge in [0.2, 0.25) is 0 Å². The Kier molecular flexibility index (Phi) is 3.06. The fraction of sp³-hybridized carbons (Fsp3) is 0.111. The summed E-state index contributed by atoms with van der Waals surface area (Å²) < 4.78 is 0. The molecule has 0 bridgehead atoms. The minimum Gasteiger partial charge on any atom is -0.504 e. The standard InChI is InChI=1S/C9H11N3O2/c10-8(11)5-12-4-6-2-1-3-7(13)9(6)14/h1-4,13-14H,5H2,(H3,10,11). The van der Waals surface area contributed by atoms with Gasteiger partial charge in [-0.2, -0.15) is 0 Å². The number of aliphatic imine (C=N–C) groups is 1. The number of benzene rings is 1. The van der Waals surface area contributed by atoms with E-state index in [-0.39, 0.29) is 23.9 Å². The molecule has 1 aromatic carbocycles. The monoisotopic (exact) mass is 193 g/mol. The van der Waals surface area contributed by atoms with Crippen molar-refractivity contribution in [2.24, 2.45) is 10.7 Å². The van der Waals surface area contributed by atoms with Gasteiger partial charge < -0.3 is 15.9 Å². The van der Waals surface area contributed by atoms with Crippen molar-refractivity contribution in [3.05, 3.63) is 23.8 Å². The quantitative estimate of drug-likeness (QED) is 0.318. The maximum absolute atomic E-state index is 9.34. The molecule has 74 valence electrons. The van der Waals surface area contributed by atoms with Crippen molar-refractivity contribution in [3.63, 3.8) is 0 Å². The number of para-hydroxylation sites is 1. The van der Waals surface area contributed by atoms with E-state index in [4.69, 9.17) is 16.2 Å². The molecule has 0 saturated carbocycles. The fourth-order valence-electron chi connectivity index (χ4n) is 0.895. The zero-order chi connectivity index (χ0) is 10.6. The summed E-state index contributed by atoms with van der Waals surface area (Å²) in [5.74, 6) is -0.475. The van der Waals surface area contributed by atoms with Crippen LogP contribution < -0.4 is 5.73 Å². The SMILES string of the molecule is N=C(N)CN=Cc1cccc(O)c1O. The van der Waals surface area contributed by atoms with Crippen LogP contribution in [-0.4, -0.2) is 28.8 Å². The number of phenols is 2. The molecule has 0 aromatic heterocycles. The topological polar surface area (TPSA) is 103 Å². The molecule has 1 rings (SSSR count). The molecule has 1 aromatic rings. The lowest BCUT2D eigenvalue weighted by molar-refractivity contribution is 0.403. The molecule has 0 heterocycles. The number of amidine groups is 1. The molecule has 0 aliphatic heterocycles. The molecule has 0 saturated heterocycles. The molecule has 0 aliphatic carbocycles. The van der Waals surface area contributed by atoms with Crippen LogP contribution >= 0.6 is 0 Å². The highest BCUT2D eigenvalue weighted by molar-refractivity contribution is 5.87. The van der Waals surface area contributed by atoms with Crippen molar-refractivity contribution in [3.8, 4) is 11.5 Å². The van der Waals surface area contributed by atoms with Crippen LogP contribution in [0, 0.1) is 5.41 Å². The molecule has 0 aliphatic rings. The molecular formula is C9H11N3O2. The summed E-state index contributed by atoms with van der Waals surface area (Å²) in [5, 5.41) is 25.4. The molecule has 0 spiro atoms. The third-order valence-electron chi connectivity index (χ3n) is 1.54. The van der Waals surface area contributed by atoms with E-state index >= 15 is 0 Å². The van der Waals surface area contributed by atoms with Gasteiger partial charge in [-0.15, -0.1) is 0 Å². The summed E-state index contributed by atoms with van der Waals surface area (Å²) in [6.07, 6.45) is 1.36. The molecule has 0 radical (unpaired) electrons. The molecule has 0 fully saturated rings. The molecular weight excluding hydrogens is 182 g/mol. The zero-order valence-corrected chi connectivity index (χ0v) is 7.44. The molecule has 0 atom stereocenters. The average molecular weight is 193 g/mol. The van der Waals surface area contributed by atoms with E-state index in [2.05, 4.69) is 4.99 Å². The smallest absolute Gasteiger partial charge is 0.166 e. The maximum atomic E-state index is 9.34. The average Bonchev–Trinajstić information content (AvgIpc) is 2.12. The molecule has 14 heavy (non-hydrogen) atoms. The predicted octanol–water partition coefficient (Wildman–Crippen LogP) is 0.453. The van der Waals surface area contributed by atoms with Crippen LogP contribution in [0.2, 0.25) is 0 Å². The van der Waals surface area contributed by atoms with Crippen LogP contribution in [0.4, 0.5) is 0 Å². The van der Waals surface area contributed by atoms with E-state index < -0.39 is 0 Å². The maximum Gasteiger partial charge on any atom is 0.166 e. The Labute approximate surface area is 81.0 Å². The minimum atomic E-state index is -0.222. The van der Waals surface area contributed by atoms with Gasteiger partial charge in [-0.25, -0.2) is 0 Å². The van der Waals surface area contributed by atoms with Crippen molar-refractivity contribution in [1.29, 1.82) is 5.41 Å². The third-order valence-corrected chi connectivity index (χ3v) is 1.54. The Bertz CT molecular complexity index is 374. The number of rotatable bonds is 3. The third kappa shape index (κ3) is 2.48. The van der Waals surface area contributed by atoms with E-state index in [0.717, 1.165) is 0 Å². The number of nitrogens with two attached hydrogens (primary N) is 1. The molecule has 5 nitrogen and oxygen atoms in total. The number of aromatic hydroxyl groups is 2. The first-order chi connectivity index (χ1) is 6.61. The summed E-state index contributed by atoms with van der Waals surface area (Å²) in [6, 6.07) is 4.56. The van der Waals surface area contributed by atoms with Crippen molar-refractivity contribution in [2.75, 3.05) is 6.54 Å². The lowest BCUT2D eigenvalue weighted by Gasteiger charge is -1.99. The Morgan fingerprint density at radius 2 is 2.21 bits per heavy atom. The van der Waals surface area contributed by atoms with E-state index in [1.54, 1.807) is 12.1 Å². The number of phenolic OH excluding ortho intramolecular Hbond substituents is 2. The Balaban J connectivity index is 2.81. The Hall–Kier alpha value is -2.04. The predicted molar refractivity (Wildman–Crippen MR) is 54.1 cm³/mol. The van der Waals surface area contributed by atoms with Gasteiger partial charge in [-0.05, 0) is 12.1 Å². The van der Waals surface area contributed by atoms with Crippen LogP contribution in [-0.2, 0) is 0 Å². The van der Waals surface area contributed by atoms with E-state index in [9.17, 15) is 5.11 Å². The summed E-state index contributed by atoms with van der Waals surface area (Å²) in [4.78, 5) is 3.80. The van der Waals surface area contributed by atoms with Crippen molar-refractivity contribution in [1.82, 2.24) is 0 Å². The van der Waals surface area contributed by atoms with Gasteiger partial charge in [0.25, 0.3) is 0 Å². The van der Waals surface area contributed by atoms with Gasteiger partial charge in [0.1, 0.15) is 5.84 Å². The van der Waals surface area contributed by atoms with Crippen molar-refractivity contribution < 1.29 is 10.2 Å². The first-order valence-corrected chi connectivity index (χ1v) is 3.95. The number of nitrogens with one attached hydrogen (secondary N) is 1. The zero-order valence-electron chi connectivity index (χ0n) is 7.44. The summed E-state index contributed by atoms with van der Waals surface area (Å²) in [5.41, 5.74) is 5.48. The second-order valence-corrected chi connectivity index (χ2v) is 2.71. The largest absolute Gasteiger partial charge is 0.504 e. The van der Waals surface area contributed by atoms with Gasteiger partial charge in [0, 0.05) is 11.8 Å². The molecule has 5 N–H and O–H groups in total. The number of nitrogens with zero attached hydrogens (tertiary/aromatic N) is 1. The lowest BCUT2D eigenvalue weighted by atomic mass is 10.2. The summed E-state index contributed by atoms with van der Waals surface area (Å²) >= 11 is 0. The molecule has 0 unspecified atom stereocenters. The Morgan fingerprint density at radius 3 is 2.86 bits per heavy atom. The number of hydrogen-bond donors (Lipinski definition) is 4. The molecule has 0 amide bonds. The number of hydrogen-bond acceptors (Lipinski definition) is 4. The van der Waals surface area contributed by atoms with Gasteiger partial charge in [0.05, 0.1) is 6.54 Å². The van der Waals surface area contributed by atoms with Crippen molar-refractivity contribution >= 4 is 12.1 Å². The highest BCUT2D eigenvalue weighted by Gasteiger charge is 2.02. The fourth-order valence-corrected chi connectivity index (χ4v) is 0.895. The van der Waals surface area contributed by atoms with Crippen LogP contribution in [0.15, 0.2) is 23.2 Å². The van der Waals surface area contributed by atoms with E-state index in [0.29, 0.717) is 5.56 Å². The van der Waals surface area contributed by atoms with Crippen LogP contribution in [0.5, 0.6) is 11.5 Å². The van der Waals surface area contributed by atoms with Crippen LogP contribution in [0.1, 0.15) is 5.56 Å². The first kappa shape index (κ1) is 10.0. The van der Waals surface area contributed by atoms with Gasteiger partial charge in [0.15, 0.2) is 11.5 Å². The summed E-state index contributed by atoms with van der Waals surface area (Å²) in [7, 11) is 0. The second-order valence-electron chi connectivity index (χ2n) is 2.71. The van der Waals surface area contributed by atoms with Crippen LogP contribution in [0.3, 0.4) is 0 Å². The highest BCUT2D eigenvalue weighted by atomic mass is 16.3. The highest BCUT2D eigenvalue weighted by Crippen LogP contribution is 2.26. The first-order valence-electron chi connectivity index (χ1n) is 3.95. The van der Waals surface area contributed by atoms with Crippen molar-refractivity contribution in [2.45, 2.75) is 0 Å². The van der Waals surface area contributed by atoms with E-state index in [1.165, 1.54) is 12.3 Å². The minimum absolute atomic E-state index is 0.0547. The van der Waals surface area contributed by atoms with Crippen LogP contribution in [0.25, 0.3) is 0 Å². The lowest BCUT2D eigenvalue weighted by Crippen LogP contribution is -2.12. The van der Waals surface area contributed by atoms with Gasteiger partial charge in [-0.3, -0.25) is 10.4 Å². The van der Waals surface area contributed by atoms with E-state index in [1.807, 2.05) is 0 Å². The normalized spacial score (nSPS) is 10.6.